The van der Waals surface area contributed by atoms with E-state index < -0.39 is 8.80 Å². The minimum atomic E-state index is -2.55. The monoisotopic (exact) mass is 337 g/mol. The zero-order valence-corrected chi connectivity index (χ0v) is 16.6. The van der Waals surface area contributed by atoms with Crippen LogP contribution in [0.4, 0.5) is 0 Å². The molecule has 0 saturated carbocycles. The van der Waals surface area contributed by atoms with E-state index in [1.807, 2.05) is 20.8 Å². The summed E-state index contributed by atoms with van der Waals surface area (Å²) in [6.45, 7) is 17.8. The van der Waals surface area contributed by atoms with Gasteiger partial charge in [-0.15, -0.1) is 0 Å². The van der Waals surface area contributed by atoms with Crippen LogP contribution in [0, 0.1) is 0 Å². The lowest BCUT2D eigenvalue weighted by molar-refractivity contribution is -0.932. The smallest absolute Gasteiger partial charge is 0.501 e. The van der Waals surface area contributed by atoms with E-state index in [0.717, 1.165) is 36.6 Å². The third kappa shape index (κ3) is 6.20. The van der Waals surface area contributed by atoms with Crippen LogP contribution >= 0.6 is 0 Å². The minimum absolute atomic E-state index is 0.193. The van der Waals surface area contributed by atoms with Crippen molar-refractivity contribution in [2.45, 2.75) is 59.4 Å². The highest BCUT2D eigenvalue weighted by Crippen LogP contribution is 2.24. The van der Waals surface area contributed by atoms with Crippen molar-refractivity contribution in [2.24, 2.45) is 0 Å². The second-order valence-electron chi connectivity index (χ2n) is 5.14. The van der Waals surface area contributed by atoms with E-state index in [1.54, 1.807) is 0 Å². The van der Waals surface area contributed by atoms with E-state index in [0.29, 0.717) is 19.8 Å². The molecule has 0 saturated heterocycles. The van der Waals surface area contributed by atoms with Gasteiger partial charge in [-0.3, -0.25) is 0 Å². The Bertz CT molecular complexity index is 240. The molecule has 0 bridgehead atoms. The molecule has 0 heterocycles. The standard InChI is InChI=1S/C15H35NO3SSi/c1-7-16(8-2,9-3)15(20)13-14-21(17-10-4,18-11-5)19-12-6/h15H,7-14H2,1-6H3. The van der Waals surface area contributed by atoms with Crippen molar-refractivity contribution in [3.05, 3.63) is 0 Å². The Hall–Kier alpha value is 0.407. The molecule has 0 N–H and O–H groups in total. The maximum Gasteiger partial charge on any atom is 0.501 e. The molecule has 0 radical (unpaired) electrons. The minimum Gasteiger partial charge on any atom is -0.728 e. The average Bonchev–Trinajstić information content (AvgIpc) is 2.48. The third-order valence-corrected chi connectivity index (χ3v) is 8.06. The molecule has 6 heteroatoms. The molecule has 0 aliphatic carbocycles. The van der Waals surface area contributed by atoms with Crippen molar-refractivity contribution in [1.29, 1.82) is 0 Å². The summed E-state index contributed by atoms with van der Waals surface area (Å²) < 4.78 is 18.7. The predicted molar refractivity (Wildman–Crippen MR) is 93.1 cm³/mol. The molecule has 0 aliphatic heterocycles. The Labute approximate surface area is 138 Å². The highest BCUT2D eigenvalue weighted by atomic mass is 32.1. The quantitative estimate of drug-likeness (QED) is 0.293. The Morgan fingerprint density at radius 1 is 0.810 bits per heavy atom. The summed E-state index contributed by atoms with van der Waals surface area (Å²) in [5, 5.41) is 0.193. The molecule has 0 rings (SSSR count). The average molecular weight is 338 g/mol. The lowest BCUT2D eigenvalue weighted by Gasteiger charge is -2.48. The summed E-state index contributed by atoms with van der Waals surface area (Å²) >= 11 is 5.82. The topological polar surface area (TPSA) is 27.7 Å². The number of quaternary nitrogens is 1. The molecule has 0 aliphatic rings. The first-order valence-corrected chi connectivity index (χ1v) is 10.8. The number of nitrogens with zero attached hydrogens (tertiary/aromatic N) is 1. The Kier molecular flexibility index (Phi) is 11.2. The lowest BCUT2D eigenvalue weighted by Crippen LogP contribution is -2.55. The molecule has 0 aromatic rings. The Morgan fingerprint density at radius 3 is 1.48 bits per heavy atom. The van der Waals surface area contributed by atoms with Gasteiger partial charge in [-0.25, -0.2) is 0 Å². The fraction of sp³-hybridized carbons (Fsp3) is 1.00. The second kappa shape index (κ2) is 11.0. The fourth-order valence-corrected chi connectivity index (χ4v) is 6.26. The van der Waals surface area contributed by atoms with Gasteiger partial charge < -0.3 is 30.4 Å². The molecule has 0 aromatic carbocycles. The molecule has 1 unspecified atom stereocenters. The maximum absolute atomic E-state index is 5.92. The molecule has 128 valence electrons. The highest BCUT2D eigenvalue weighted by molar-refractivity contribution is 7.59. The lowest BCUT2D eigenvalue weighted by atomic mass is 10.3. The summed E-state index contributed by atoms with van der Waals surface area (Å²) in [7, 11) is -2.55. The number of rotatable bonds is 13. The normalized spacial score (nSPS) is 14.4. The first-order chi connectivity index (χ1) is 9.99. The van der Waals surface area contributed by atoms with E-state index in [2.05, 4.69) is 20.8 Å². The summed E-state index contributed by atoms with van der Waals surface area (Å²) in [4.78, 5) is 0. The van der Waals surface area contributed by atoms with Crippen LogP contribution in [0.3, 0.4) is 0 Å². The molecule has 4 nitrogen and oxygen atoms in total. The van der Waals surface area contributed by atoms with Gasteiger partial charge in [-0.2, -0.15) is 0 Å². The van der Waals surface area contributed by atoms with Crippen LogP contribution in [0.1, 0.15) is 48.0 Å². The zero-order valence-electron chi connectivity index (χ0n) is 14.8. The van der Waals surface area contributed by atoms with Gasteiger partial charge in [0.1, 0.15) is 0 Å². The van der Waals surface area contributed by atoms with Crippen molar-refractivity contribution < 1.29 is 17.8 Å². The van der Waals surface area contributed by atoms with Gasteiger partial charge in [-0.05, 0) is 53.3 Å². The van der Waals surface area contributed by atoms with E-state index in [9.17, 15) is 0 Å². The van der Waals surface area contributed by atoms with E-state index in [4.69, 9.17) is 25.9 Å². The van der Waals surface area contributed by atoms with Gasteiger partial charge in [0.25, 0.3) is 0 Å². The van der Waals surface area contributed by atoms with Crippen molar-refractivity contribution in [2.75, 3.05) is 39.5 Å². The van der Waals surface area contributed by atoms with Crippen LogP contribution in [0.2, 0.25) is 6.04 Å². The van der Waals surface area contributed by atoms with Gasteiger partial charge >= 0.3 is 8.80 Å². The highest BCUT2D eigenvalue weighted by Gasteiger charge is 2.41. The van der Waals surface area contributed by atoms with Crippen molar-refractivity contribution >= 4 is 21.4 Å². The Morgan fingerprint density at radius 2 is 1.19 bits per heavy atom. The largest absolute Gasteiger partial charge is 0.728 e. The molecule has 0 aromatic heterocycles. The third-order valence-electron chi connectivity index (χ3n) is 4.29. The van der Waals surface area contributed by atoms with Crippen LogP contribution in [-0.2, 0) is 25.9 Å². The van der Waals surface area contributed by atoms with Crippen LogP contribution in [0.5, 0.6) is 0 Å². The molecular weight excluding hydrogens is 302 g/mol. The summed E-state index contributed by atoms with van der Waals surface area (Å²) in [6, 6.07) is 0.816. The summed E-state index contributed by atoms with van der Waals surface area (Å²) in [6.07, 6.45) is 0.914. The van der Waals surface area contributed by atoms with Gasteiger partial charge in [0.2, 0.25) is 0 Å². The van der Waals surface area contributed by atoms with Gasteiger partial charge in [0.15, 0.2) is 0 Å². The summed E-state index contributed by atoms with van der Waals surface area (Å²) in [5.41, 5.74) is 0. The molecule has 0 amide bonds. The molecule has 0 spiro atoms. The first-order valence-electron chi connectivity index (χ1n) is 8.43. The van der Waals surface area contributed by atoms with Crippen LogP contribution in [-0.4, -0.2) is 58.1 Å². The van der Waals surface area contributed by atoms with Crippen LogP contribution < -0.4 is 0 Å². The van der Waals surface area contributed by atoms with Crippen molar-refractivity contribution in [3.8, 4) is 0 Å². The maximum atomic E-state index is 5.92. The van der Waals surface area contributed by atoms with E-state index >= 15 is 0 Å². The second-order valence-corrected chi connectivity index (χ2v) is 8.42. The molecule has 1 atom stereocenters. The van der Waals surface area contributed by atoms with Gasteiger partial charge in [0.05, 0.1) is 19.6 Å². The van der Waals surface area contributed by atoms with Crippen molar-refractivity contribution in [1.82, 2.24) is 0 Å². The van der Waals surface area contributed by atoms with Crippen LogP contribution in [0.15, 0.2) is 0 Å². The number of hydrogen-bond donors (Lipinski definition) is 0. The fourth-order valence-electron chi connectivity index (χ4n) is 2.86. The van der Waals surface area contributed by atoms with Crippen LogP contribution in [0.25, 0.3) is 0 Å². The first kappa shape index (κ1) is 21.4. The molecule has 21 heavy (non-hydrogen) atoms. The number of hydrogen-bond acceptors (Lipinski definition) is 4. The molecular formula is C15H35NO3SSi. The van der Waals surface area contributed by atoms with Crippen molar-refractivity contribution in [3.63, 3.8) is 0 Å². The summed E-state index contributed by atoms with van der Waals surface area (Å²) in [5.74, 6) is 0. The van der Waals surface area contributed by atoms with Gasteiger partial charge in [-0.1, -0.05) is 0 Å². The predicted octanol–water partition coefficient (Wildman–Crippen LogP) is 3.17. The van der Waals surface area contributed by atoms with E-state index in [1.165, 1.54) is 0 Å². The zero-order chi connectivity index (χ0) is 16.4. The SMILES string of the molecule is CCO[Si](CCC([S-])[N+](CC)(CC)CC)(OCC)OCC. The molecule has 0 fully saturated rings. The Balaban J connectivity index is 4.86. The van der Waals surface area contributed by atoms with Gasteiger partial charge in [0, 0.05) is 25.9 Å². The van der Waals surface area contributed by atoms with E-state index in [-0.39, 0.29) is 5.37 Å².